The van der Waals surface area contributed by atoms with Crippen molar-refractivity contribution in [2.75, 3.05) is 0 Å². The zero-order chi connectivity index (χ0) is 18.8. The van der Waals surface area contributed by atoms with E-state index in [1.807, 2.05) is 0 Å². The van der Waals surface area contributed by atoms with Gasteiger partial charge in [-0.15, -0.1) is 0 Å². The zero-order valence-electron chi connectivity index (χ0n) is 13.7. The zero-order valence-corrected chi connectivity index (χ0v) is 14.5. The number of rotatable bonds is 3. The van der Waals surface area contributed by atoms with Gasteiger partial charge in [0.2, 0.25) is 5.79 Å². The molecule has 0 aromatic heterocycles. The van der Waals surface area contributed by atoms with E-state index in [1.54, 1.807) is 13.8 Å². The molecule has 2 saturated heterocycles. The molecule has 3 aliphatic rings. The molecule has 8 nitrogen and oxygen atoms in total. The molecule has 25 heavy (non-hydrogen) atoms. The van der Waals surface area contributed by atoms with Gasteiger partial charge in [0, 0.05) is 13.8 Å². The van der Waals surface area contributed by atoms with Crippen LogP contribution in [0.3, 0.4) is 0 Å². The van der Waals surface area contributed by atoms with Crippen LogP contribution in [0, 0.1) is 0 Å². The average Bonchev–Trinajstić information content (AvgIpc) is 2.99. The molecule has 3 heterocycles. The van der Waals surface area contributed by atoms with Crippen molar-refractivity contribution in [1.29, 1.82) is 0 Å². The van der Waals surface area contributed by atoms with Crippen LogP contribution in [-0.2, 0) is 38.0 Å². The van der Waals surface area contributed by atoms with E-state index in [9.17, 15) is 21.6 Å². The molecule has 2 fully saturated rings. The van der Waals surface area contributed by atoms with Gasteiger partial charge in [-0.05, 0) is 13.8 Å². The van der Waals surface area contributed by atoms with Crippen molar-refractivity contribution in [3.8, 4) is 0 Å². The summed E-state index contributed by atoms with van der Waals surface area (Å²) < 4.78 is 92.5. The number of hydrogen-bond donors (Lipinski definition) is 0. The third-order valence-electron chi connectivity index (χ3n) is 3.62. The predicted molar refractivity (Wildman–Crippen MR) is 72.9 cm³/mol. The van der Waals surface area contributed by atoms with Gasteiger partial charge in [-0.3, -0.25) is 4.18 Å². The molecule has 3 aliphatic heterocycles. The molecule has 0 amide bonds. The van der Waals surface area contributed by atoms with E-state index in [2.05, 4.69) is 4.18 Å². The molecular formula is C13H17F3O8S. The summed E-state index contributed by atoms with van der Waals surface area (Å²) >= 11 is 0. The molecule has 12 heteroatoms. The van der Waals surface area contributed by atoms with Gasteiger partial charge in [0.05, 0.1) is 0 Å². The van der Waals surface area contributed by atoms with E-state index in [1.165, 1.54) is 13.8 Å². The molecule has 0 N–H and O–H groups in total. The number of ether oxygens (including phenoxy) is 5. The second kappa shape index (κ2) is 5.46. The molecule has 0 aromatic carbocycles. The molecule has 0 aromatic rings. The smallest absolute Gasteiger partial charge is 0.457 e. The Morgan fingerprint density at radius 1 is 1.12 bits per heavy atom. The third kappa shape index (κ3) is 3.45. The lowest BCUT2D eigenvalue weighted by atomic mass is 10.1. The standard InChI is InChI=1S/C13H17F3O8S/c1-11(2)19-5-6(21-11)7-8(24-25(17,18)13(14,15)16)9-10(20-7)23-12(3,4)22-9/h5,7-10H,1-4H3/t7-,8+,9+,10+/m0/s1. The van der Waals surface area contributed by atoms with Crippen molar-refractivity contribution in [2.45, 2.75) is 69.4 Å². The van der Waals surface area contributed by atoms with E-state index in [4.69, 9.17) is 23.7 Å². The Balaban J connectivity index is 1.88. The Bertz CT molecular complexity index is 684. The average molecular weight is 390 g/mol. The van der Waals surface area contributed by atoms with Crippen LogP contribution in [0.15, 0.2) is 12.0 Å². The maximum absolute atomic E-state index is 12.7. The summed E-state index contributed by atoms with van der Waals surface area (Å²) in [5.41, 5.74) is -5.59. The van der Waals surface area contributed by atoms with Crippen LogP contribution in [0.2, 0.25) is 0 Å². The Kier molecular flexibility index (Phi) is 4.08. The molecule has 0 spiro atoms. The molecule has 4 atom stereocenters. The van der Waals surface area contributed by atoms with Crippen LogP contribution in [-0.4, -0.2) is 50.1 Å². The van der Waals surface area contributed by atoms with Crippen LogP contribution in [0.25, 0.3) is 0 Å². The highest BCUT2D eigenvalue weighted by atomic mass is 32.2. The molecule has 0 radical (unpaired) electrons. The van der Waals surface area contributed by atoms with Gasteiger partial charge in [-0.25, -0.2) is 0 Å². The Hall–Kier alpha value is -1.08. The minimum Gasteiger partial charge on any atom is -0.457 e. The second-order valence-electron chi connectivity index (χ2n) is 6.63. The van der Waals surface area contributed by atoms with E-state index in [0.717, 1.165) is 6.26 Å². The first kappa shape index (κ1) is 18.7. The highest BCUT2D eigenvalue weighted by Crippen LogP contribution is 2.44. The van der Waals surface area contributed by atoms with Crippen LogP contribution in [0.4, 0.5) is 13.2 Å². The molecule has 3 rings (SSSR count). The summed E-state index contributed by atoms with van der Waals surface area (Å²) in [6, 6.07) is 0. The summed E-state index contributed by atoms with van der Waals surface area (Å²) in [7, 11) is -5.89. The SMILES string of the molecule is CC1(C)OC=C([C@@H]2O[C@@H]3OC(C)(C)O[C@@H]3[C@@H]2OS(=O)(=O)C(F)(F)F)O1. The van der Waals surface area contributed by atoms with Crippen LogP contribution >= 0.6 is 0 Å². The lowest BCUT2D eigenvalue weighted by molar-refractivity contribution is -0.216. The summed E-state index contributed by atoms with van der Waals surface area (Å²) in [6.07, 6.45) is -4.17. The van der Waals surface area contributed by atoms with Gasteiger partial charge in [-0.1, -0.05) is 0 Å². The minimum absolute atomic E-state index is 0.0215. The monoisotopic (exact) mass is 390 g/mol. The normalized spacial score (nSPS) is 36.5. The van der Waals surface area contributed by atoms with Gasteiger partial charge < -0.3 is 23.7 Å². The predicted octanol–water partition coefficient (Wildman–Crippen LogP) is 1.72. The first-order chi connectivity index (χ1) is 11.2. The number of halogens is 3. The van der Waals surface area contributed by atoms with Crippen molar-refractivity contribution in [2.24, 2.45) is 0 Å². The maximum atomic E-state index is 12.7. The highest BCUT2D eigenvalue weighted by molar-refractivity contribution is 7.87. The molecular weight excluding hydrogens is 373 g/mol. The van der Waals surface area contributed by atoms with Crippen molar-refractivity contribution >= 4 is 10.1 Å². The van der Waals surface area contributed by atoms with E-state index < -0.39 is 51.8 Å². The second-order valence-corrected chi connectivity index (χ2v) is 8.19. The van der Waals surface area contributed by atoms with Crippen molar-refractivity contribution < 1.29 is 49.5 Å². The quantitative estimate of drug-likeness (QED) is 0.532. The molecule has 0 saturated carbocycles. The van der Waals surface area contributed by atoms with Crippen LogP contribution in [0.5, 0.6) is 0 Å². The number of hydrogen-bond acceptors (Lipinski definition) is 8. The molecule has 0 unspecified atom stereocenters. The van der Waals surface area contributed by atoms with Gasteiger partial charge in [0.1, 0.15) is 18.5 Å². The highest BCUT2D eigenvalue weighted by Gasteiger charge is 2.61. The minimum atomic E-state index is -5.89. The van der Waals surface area contributed by atoms with E-state index in [0.29, 0.717) is 0 Å². The first-order valence-electron chi connectivity index (χ1n) is 7.28. The fraction of sp³-hybridized carbons (Fsp3) is 0.846. The Morgan fingerprint density at radius 3 is 2.28 bits per heavy atom. The van der Waals surface area contributed by atoms with Crippen molar-refractivity contribution in [3.63, 3.8) is 0 Å². The lowest BCUT2D eigenvalue weighted by Crippen LogP contribution is -2.42. The van der Waals surface area contributed by atoms with Gasteiger partial charge in [-0.2, -0.15) is 21.6 Å². The molecule has 0 aliphatic carbocycles. The third-order valence-corrected chi connectivity index (χ3v) is 4.66. The van der Waals surface area contributed by atoms with E-state index in [-0.39, 0.29) is 5.76 Å². The lowest BCUT2D eigenvalue weighted by Gasteiger charge is -2.26. The van der Waals surface area contributed by atoms with Gasteiger partial charge >= 0.3 is 15.6 Å². The number of alkyl halides is 3. The largest absolute Gasteiger partial charge is 0.523 e. The van der Waals surface area contributed by atoms with Crippen molar-refractivity contribution in [3.05, 3.63) is 12.0 Å². The first-order valence-corrected chi connectivity index (χ1v) is 8.69. The Labute approximate surface area is 141 Å². The Morgan fingerprint density at radius 2 is 1.76 bits per heavy atom. The molecule has 0 bridgehead atoms. The van der Waals surface area contributed by atoms with Gasteiger partial charge in [0.25, 0.3) is 0 Å². The van der Waals surface area contributed by atoms with Crippen LogP contribution in [0.1, 0.15) is 27.7 Å². The summed E-state index contributed by atoms with van der Waals surface area (Å²) in [4.78, 5) is 0. The fourth-order valence-electron chi connectivity index (χ4n) is 2.67. The maximum Gasteiger partial charge on any atom is 0.523 e. The fourth-order valence-corrected chi connectivity index (χ4v) is 3.28. The summed E-state index contributed by atoms with van der Waals surface area (Å²) in [6.45, 7) is 6.14. The topological polar surface area (TPSA) is 89.5 Å². The summed E-state index contributed by atoms with van der Waals surface area (Å²) in [5.74, 6) is -2.28. The van der Waals surface area contributed by atoms with Gasteiger partial charge in [0.15, 0.2) is 23.9 Å². The van der Waals surface area contributed by atoms with E-state index >= 15 is 0 Å². The number of fused-ring (bicyclic) bond motifs is 1. The summed E-state index contributed by atoms with van der Waals surface area (Å²) in [5, 5.41) is 0. The van der Waals surface area contributed by atoms with Crippen LogP contribution < -0.4 is 0 Å². The van der Waals surface area contributed by atoms with Crippen molar-refractivity contribution in [1.82, 2.24) is 0 Å². The molecule has 144 valence electrons.